The van der Waals surface area contributed by atoms with E-state index in [0.29, 0.717) is 0 Å². The molecule has 5 heteroatoms. The van der Waals surface area contributed by atoms with E-state index in [1.165, 1.54) is 33.3 Å². The molecule has 0 saturated heterocycles. The van der Waals surface area contributed by atoms with E-state index >= 15 is 0 Å². The first kappa shape index (κ1) is 12.0. The fourth-order valence-corrected chi connectivity index (χ4v) is 1.30. The lowest BCUT2D eigenvalue weighted by molar-refractivity contribution is 0.0596. The van der Waals surface area contributed by atoms with Crippen molar-refractivity contribution >= 4 is 11.8 Å². The minimum atomic E-state index is -0.650. The highest BCUT2D eigenvalue weighted by molar-refractivity contribution is 6.06. The topological polar surface area (TPSA) is 72.8 Å². The Kier molecular flexibility index (Phi) is 3.50. The van der Waals surface area contributed by atoms with E-state index in [2.05, 4.69) is 4.74 Å². The molecule has 0 aliphatic rings. The van der Waals surface area contributed by atoms with Crippen LogP contribution in [0.4, 0.5) is 0 Å². The van der Waals surface area contributed by atoms with Gasteiger partial charge in [0.2, 0.25) is 0 Å². The van der Waals surface area contributed by atoms with Crippen LogP contribution in [0.1, 0.15) is 27.6 Å². The third-order valence-corrected chi connectivity index (χ3v) is 2.10. The summed E-state index contributed by atoms with van der Waals surface area (Å²) >= 11 is 0. The van der Waals surface area contributed by atoms with Gasteiger partial charge in [-0.1, -0.05) is 0 Å². The Labute approximate surface area is 92.6 Å². The summed E-state index contributed by atoms with van der Waals surface area (Å²) < 4.78 is 9.38. The van der Waals surface area contributed by atoms with Gasteiger partial charge in [0.05, 0.1) is 19.8 Å². The summed E-state index contributed by atoms with van der Waals surface area (Å²) in [5.41, 5.74) is 0.176. The summed E-state index contributed by atoms with van der Waals surface area (Å²) in [6.45, 7) is 1.30. The van der Waals surface area contributed by atoms with E-state index < -0.39 is 5.97 Å². The molecule has 1 aromatic carbocycles. The highest BCUT2D eigenvalue weighted by Gasteiger charge is 2.18. The number of ether oxygens (including phenoxy) is 2. The van der Waals surface area contributed by atoms with E-state index in [0.717, 1.165) is 0 Å². The minimum Gasteiger partial charge on any atom is -0.504 e. The van der Waals surface area contributed by atoms with Crippen LogP contribution in [-0.4, -0.2) is 31.1 Å². The van der Waals surface area contributed by atoms with Crippen molar-refractivity contribution in [1.29, 1.82) is 0 Å². The SMILES string of the molecule is COC(=O)c1cc(OC)c(O)cc1C(C)=O. The highest BCUT2D eigenvalue weighted by atomic mass is 16.5. The van der Waals surface area contributed by atoms with E-state index in [1.807, 2.05) is 0 Å². The smallest absolute Gasteiger partial charge is 0.338 e. The molecule has 0 radical (unpaired) electrons. The Morgan fingerprint density at radius 1 is 1.19 bits per heavy atom. The number of carbonyl (C=O) groups is 2. The van der Waals surface area contributed by atoms with Crippen LogP contribution >= 0.6 is 0 Å². The number of phenolic OH excluding ortho intramolecular Hbond substituents is 1. The molecule has 5 nitrogen and oxygen atoms in total. The Morgan fingerprint density at radius 2 is 1.81 bits per heavy atom. The molecule has 0 aromatic heterocycles. The van der Waals surface area contributed by atoms with Gasteiger partial charge in [0.15, 0.2) is 17.3 Å². The van der Waals surface area contributed by atoms with Crippen LogP contribution in [0.2, 0.25) is 0 Å². The first-order chi connectivity index (χ1) is 7.51. The van der Waals surface area contributed by atoms with Gasteiger partial charge in [0, 0.05) is 5.56 Å². The number of hydrogen-bond donors (Lipinski definition) is 1. The molecule has 86 valence electrons. The van der Waals surface area contributed by atoms with Crippen LogP contribution in [0, 0.1) is 0 Å². The molecule has 0 atom stereocenters. The summed E-state index contributed by atoms with van der Waals surface area (Å²) in [7, 11) is 2.56. The summed E-state index contributed by atoms with van der Waals surface area (Å²) in [4.78, 5) is 22.7. The zero-order valence-corrected chi connectivity index (χ0v) is 9.23. The van der Waals surface area contributed by atoms with Crippen LogP contribution in [-0.2, 0) is 4.74 Å². The quantitative estimate of drug-likeness (QED) is 0.620. The van der Waals surface area contributed by atoms with Crippen molar-refractivity contribution in [3.05, 3.63) is 23.3 Å². The number of Topliss-reactive ketones (excluding diaryl/α,β-unsaturated/α-hetero) is 1. The average molecular weight is 224 g/mol. The predicted molar refractivity (Wildman–Crippen MR) is 56.0 cm³/mol. The molecule has 0 aliphatic heterocycles. The monoisotopic (exact) mass is 224 g/mol. The number of rotatable bonds is 3. The maximum absolute atomic E-state index is 11.4. The number of phenols is 1. The molecule has 0 heterocycles. The minimum absolute atomic E-state index is 0.0738. The molecule has 16 heavy (non-hydrogen) atoms. The number of benzene rings is 1. The van der Waals surface area contributed by atoms with Gasteiger partial charge in [-0.25, -0.2) is 4.79 Å². The van der Waals surface area contributed by atoms with E-state index in [9.17, 15) is 14.7 Å². The lowest BCUT2D eigenvalue weighted by Crippen LogP contribution is -2.09. The van der Waals surface area contributed by atoms with Gasteiger partial charge in [-0.3, -0.25) is 4.79 Å². The van der Waals surface area contributed by atoms with Crippen molar-refractivity contribution in [2.45, 2.75) is 6.92 Å². The maximum atomic E-state index is 11.4. The van der Waals surface area contributed by atoms with Gasteiger partial charge in [0.25, 0.3) is 0 Å². The number of methoxy groups -OCH3 is 2. The second-order valence-electron chi connectivity index (χ2n) is 3.12. The zero-order valence-electron chi connectivity index (χ0n) is 9.23. The third-order valence-electron chi connectivity index (χ3n) is 2.10. The molecule has 1 N–H and O–H groups in total. The Bertz CT molecular complexity index is 436. The van der Waals surface area contributed by atoms with Crippen molar-refractivity contribution in [2.75, 3.05) is 14.2 Å². The van der Waals surface area contributed by atoms with Gasteiger partial charge in [-0.05, 0) is 19.1 Å². The second-order valence-corrected chi connectivity index (χ2v) is 3.12. The van der Waals surface area contributed by atoms with Gasteiger partial charge >= 0.3 is 5.97 Å². The predicted octanol–water partition coefficient (Wildman–Crippen LogP) is 1.39. The van der Waals surface area contributed by atoms with Gasteiger partial charge in [-0.15, -0.1) is 0 Å². The molecule has 0 bridgehead atoms. The lowest BCUT2D eigenvalue weighted by atomic mass is 10.0. The average Bonchev–Trinajstić information content (AvgIpc) is 2.27. The van der Waals surface area contributed by atoms with Gasteiger partial charge in [-0.2, -0.15) is 0 Å². The standard InChI is InChI=1S/C11H12O5/c1-6(12)7-4-9(13)10(15-2)5-8(7)11(14)16-3/h4-5,13H,1-3H3. The maximum Gasteiger partial charge on any atom is 0.338 e. The first-order valence-electron chi connectivity index (χ1n) is 4.51. The van der Waals surface area contributed by atoms with Crippen molar-refractivity contribution in [3.8, 4) is 11.5 Å². The van der Waals surface area contributed by atoms with Crippen molar-refractivity contribution in [2.24, 2.45) is 0 Å². The third kappa shape index (κ3) is 2.13. The normalized spacial score (nSPS) is 9.69. The molecule has 1 rings (SSSR count). The molecular weight excluding hydrogens is 212 g/mol. The molecule has 0 saturated carbocycles. The number of esters is 1. The van der Waals surface area contributed by atoms with Crippen LogP contribution in [0.15, 0.2) is 12.1 Å². The van der Waals surface area contributed by atoms with Crippen LogP contribution in [0.5, 0.6) is 11.5 Å². The molecule has 0 unspecified atom stereocenters. The molecule has 0 spiro atoms. The van der Waals surface area contributed by atoms with Gasteiger partial charge < -0.3 is 14.6 Å². The zero-order chi connectivity index (χ0) is 12.3. The van der Waals surface area contributed by atoms with Gasteiger partial charge in [0.1, 0.15) is 0 Å². The van der Waals surface area contributed by atoms with E-state index in [4.69, 9.17) is 4.74 Å². The largest absolute Gasteiger partial charge is 0.504 e. The van der Waals surface area contributed by atoms with E-state index in [-0.39, 0.29) is 28.4 Å². The van der Waals surface area contributed by atoms with Crippen molar-refractivity contribution in [3.63, 3.8) is 0 Å². The number of carbonyl (C=O) groups excluding carboxylic acids is 2. The Morgan fingerprint density at radius 3 is 2.25 bits per heavy atom. The Balaban J connectivity index is 3.42. The van der Waals surface area contributed by atoms with Crippen LogP contribution in [0.25, 0.3) is 0 Å². The lowest BCUT2D eigenvalue weighted by Gasteiger charge is -2.09. The molecule has 0 fully saturated rings. The molecular formula is C11H12O5. The fourth-order valence-electron chi connectivity index (χ4n) is 1.30. The number of aromatic hydroxyl groups is 1. The highest BCUT2D eigenvalue weighted by Crippen LogP contribution is 2.30. The first-order valence-corrected chi connectivity index (χ1v) is 4.51. The summed E-state index contributed by atoms with van der Waals surface area (Å²) in [5, 5.41) is 9.49. The molecule has 1 aromatic rings. The second kappa shape index (κ2) is 4.65. The molecule has 0 amide bonds. The summed E-state index contributed by atoms with van der Waals surface area (Å²) in [6.07, 6.45) is 0. The number of hydrogen-bond acceptors (Lipinski definition) is 5. The van der Waals surface area contributed by atoms with Crippen molar-refractivity contribution in [1.82, 2.24) is 0 Å². The van der Waals surface area contributed by atoms with Crippen LogP contribution < -0.4 is 4.74 Å². The summed E-state index contributed by atoms with van der Waals surface area (Å²) in [5.74, 6) is -1.06. The molecule has 0 aliphatic carbocycles. The van der Waals surface area contributed by atoms with E-state index in [1.54, 1.807) is 0 Å². The fraction of sp³-hybridized carbons (Fsp3) is 0.273. The summed E-state index contributed by atoms with van der Waals surface area (Å²) in [6, 6.07) is 2.46. The number of ketones is 1. The van der Waals surface area contributed by atoms with Crippen molar-refractivity contribution < 1.29 is 24.2 Å². The van der Waals surface area contributed by atoms with Crippen LogP contribution in [0.3, 0.4) is 0 Å². The Hall–Kier alpha value is -2.04.